The molecule has 0 radical (unpaired) electrons. The van der Waals surface area contributed by atoms with Crippen molar-refractivity contribution in [3.63, 3.8) is 0 Å². The van der Waals surface area contributed by atoms with Gasteiger partial charge in [0.1, 0.15) is 0 Å². The lowest BCUT2D eigenvalue weighted by molar-refractivity contribution is 0.0511. The Morgan fingerprint density at radius 1 is 1.35 bits per heavy atom. The highest BCUT2D eigenvalue weighted by atomic mass is 32.1. The third-order valence-electron chi connectivity index (χ3n) is 2.88. The van der Waals surface area contributed by atoms with Crippen LogP contribution in [0.2, 0.25) is 0 Å². The zero-order valence-corrected chi connectivity index (χ0v) is 12.4. The number of esters is 1. The second kappa shape index (κ2) is 6.43. The van der Waals surface area contributed by atoms with Gasteiger partial charge in [-0.25, -0.2) is 4.79 Å². The Morgan fingerprint density at radius 3 is 2.80 bits per heavy atom. The van der Waals surface area contributed by atoms with Gasteiger partial charge in [-0.3, -0.25) is 0 Å². The van der Waals surface area contributed by atoms with Crippen LogP contribution in [0, 0.1) is 0 Å². The number of carbonyl (C=O) groups is 1. The first-order valence-corrected chi connectivity index (χ1v) is 7.22. The summed E-state index contributed by atoms with van der Waals surface area (Å²) >= 11 is 1.66. The predicted octanol–water partition coefficient (Wildman–Crippen LogP) is 2.80. The van der Waals surface area contributed by atoms with Crippen LogP contribution >= 0.6 is 11.3 Å². The van der Waals surface area contributed by atoms with Gasteiger partial charge in [0, 0.05) is 31.1 Å². The van der Waals surface area contributed by atoms with E-state index in [4.69, 9.17) is 10.5 Å². The Balaban J connectivity index is 2.03. The normalized spacial score (nSPS) is 10.3. The van der Waals surface area contributed by atoms with Crippen molar-refractivity contribution in [1.29, 1.82) is 0 Å². The largest absolute Gasteiger partial charge is 0.462 e. The standard InChI is InChI=1S/C15H18N2O2S/c1-17(2)14-6-5-11(16)10-13(14)15(18)19-8-7-12-4-3-9-20-12/h3-6,9-10H,7-8,16H2,1-2H3. The number of anilines is 2. The fraction of sp³-hybridized carbons (Fsp3) is 0.267. The van der Waals surface area contributed by atoms with Crippen LogP contribution in [0.3, 0.4) is 0 Å². The second-order valence-corrected chi connectivity index (χ2v) is 5.67. The predicted molar refractivity (Wildman–Crippen MR) is 83.5 cm³/mol. The quantitative estimate of drug-likeness (QED) is 0.679. The molecule has 0 aliphatic carbocycles. The number of hydrogen-bond donors (Lipinski definition) is 1. The Labute approximate surface area is 122 Å². The summed E-state index contributed by atoms with van der Waals surface area (Å²) in [4.78, 5) is 15.2. The van der Waals surface area contributed by atoms with Gasteiger partial charge in [-0.05, 0) is 29.6 Å². The van der Waals surface area contributed by atoms with Gasteiger partial charge in [-0.15, -0.1) is 11.3 Å². The van der Waals surface area contributed by atoms with Crippen molar-refractivity contribution in [1.82, 2.24) is 0 Å². The first-order valence-electron chi connectivity index (χ1n) is 6.34. The van der Waals surface area contributed by atoms with Crippen molar-refractivity contribution in [3.8, 4) is 0 Å². The zero-order chi connectivity index (χ0) is 14.5. The summed E-state index contributed by atoms with van der Waals surface area (Å²) in [6, 6.07) is 9.28. The number of nitrogen functional groups attached to an aromatic ring is 1. The van der Waals surface area contributed by atoms with E-state index in [0.29, 0.717) is 17.9 Å². The maximum atomic E-state index is 12.1. The van der Waals surface area contributed by atoms with Gasteiger partial charge in [0.25, 0.3) is 0 Å². The van der Waals surface area contributed by atoms with Gasteiger partial charge < -0.3 is 15.4 Å². The number of carbonyl (C=O) groups excluding carboxylic acids is 1. The van der Waals surface area contributed by atoms with Crippen molar-refractivity contribution in [3.05, 3.63) is 46.2 Å². The summed E-state index contributed by atoms with van der Waals surface area (Å²) in [6.45, 7) is 0.376. The molecule has 106 valence electrons. The van der Waals surface area contributed by atoms with Crippen LogP contribution in [0.5, 0.6) is 0 Å². The number of rotatable bonds is 5. The minimum Gasteiger partial charge on any atom is -0.462 e. The molecule has 0 spiro atoms. The zero-order valence-electron chi connectivity index (χ0n) is 11.6. The molecule has 0 atom stereocenters. The molecule has 1 heterocycles. The third kappa shape index (κ3) is 3.51. The van der Waals surface area contributed by atoms with Crippen molar-refractivity contribution in [2.45, 2.75) is 6.42 Å². The maximum absolute atomic E-state index is 12.1. The smallest absolute Gasteiger partial charge is 0.340 e. The van der Waals surface area contributed by atoms with Crippen LogP contribution in [0.15, 0.2) is 35.7 Å². The molecule has 5 heteroatoms. The molecule has 0 saturated heterocycles. The highest BCUT2D eigenvalue weighted by Gasteiger charge is 2.14. The fourth-order valence-corrected chi connectivity index (χ4v) is 2.57. The van der Waals surface area contributed by atoms with Crippen LogP contribution in [0.1, 0.15) is 15.2 Å². The minimum atomic E-state index is -0.336. The van der Waals surface area contributed by atoms with Crippen LogP contribution in [0.25, 0.3) is 0 Å². The molecule has 2 N–H and O–H groups in total. The summed E-state index contributed by atoms with van der Waals surface area (Å²) in [6.07, 6.45) is 0.739. The molecule has 0 unspecified atom stereocenters. The SMILES string of the molecule is CN(C)c1ccc(N)cc1C(=O)OCCc1cccs1. The van der Waals surface area contributed by atoms with Crippen molar-refractivity contribution >= 4 is 28.7 Å². The van der Waals surface area contributed by atoms with Crippen molar-refractivity contribution in [2.75, 3.05) is 31.3 Å². The maximum Gasteiger partial charge on any atom is 0.340 e. The van der Waals surface area contributed by atoms with Gasteiger partial charge in [0.05, 0.1) is 17.9 Å². The summed E-state index contributed by atoms with van der Waals surface area (Å²) in [5.41, 5.74) is 7.61. The first kappa shape index (κ1) is 14.4. The topological polar surface area (TPSA) is 55.6 Å². The number of nitrogens with two attached hydrogens (primary N) is 1. The number of hydrogen-bond acceptors (Lipinski definition) is 5. The van der Waals surface area contributed by atoms with Crippen LogP contribution in [0.4, 0.5) is 11.4 Å². The molecular formula is C15H18N2O2S. The lowest BCUT2D eigenvalue weighted by Gasteiger charge is -2.17. The molecule has 20 heavy (non-hydrogen) atoms. The van der Waals surface area contributed by atoms with Gasteiger partial charge in [0.2, 0.25) is 0 Å². The Morgan fingerprint density at radius 2 is 2.15 bits per heavy atom. The second-order valence-electron chi connectivity index (χ2n) is 4.64. The van der Waals surface area contributed by atoms with Crippen molar-refractivity contribution < 1.29 is 9.53 Å². The van der Waals surface area contributed by atoms with Crippen molar-refractivity contribution in [2.24, 2.45) is 0 Å². The molecule has 0 aliphatic rings. The van der Waals surface area contributed by atoms with E-state index in [0.717, 1.165) is 12.1 Å². The third-order valence-corrected chi connectivity index (χ3v) is 3.82. The van der Waals surface area contributed by atoms with Gasteiger partial charge in [0.15, 0.2) is 0 Å². The lowest BCUT2D eigenvalue weighted by atomic mass is 10.1. The Hall–Kier alpha value is -2.01. The molecule has 1 aromatic carbocycles. The summed E-state index contributed by atoms with van der Waals surface area (Å²) in [5, 5.41) is 2.01. The summed E-state index contributed by atoms with van der Waals surface area (Å²) in [7, 11) is 3.77. The molecule has 0 fully saturated rings. The minimum absolute atomic E-state index is 0.336. The van der Waals surface area contributed by atoms with E-state index in [1.54, 1.807) is 23.5 Å². The van der Waals surface area contributed by atoms with E-state index >= 15 is 0 Å². The Bertz CT molecular complexity index is 580. The van der Waals surface area contributed by atoms with E-state index in [1.807, 2.05) is 42.6 Å². The molecular weight excluding hydrogens is 272 g/mol. The number of nitrogens with zero attached hydrogens (tertiary/aromatic N) is 1. The average Bonchev–Trinajstić information content (AvgIpc) is 2.91. The molecule has 2 rings (SSSR count). The van der Waals surface area contributed by atoms with Crippen LogP contribution in [-0.2, 0) is 11.2 Å². The molecule has 0 aliphatic heterocycles. The van der Waals surface area contributed by atoms with Gasteiger partial charge in [-0.2, -0.15) is 0 Å². The summed E-state index contributed by atoms with van der Waals surface area (Å²) < 4.78 is 5.33. The number of ether oxygens (including phenoxy) is 1. The monoisotopic (exact) mass is 290 g/mol. The Kier molecular flexibility index (Phi) is 4.63. The van der Waals surface area contributed by atoms with Gasteiger partial charge in [-0.1, -0.05) is 6.07 Å². The van der Waals surface area contributed by atoms with E-state index in [1.165, 1.54) is 4.88 Å². The highest BCUT2D eigenvalue weighted by molar-refractivity contribution is 7.09. The molecule has 4 nitrogen and oxygen atoms in total. The van der Waals surface area contributed by atoms with Crippen LogP contribution in [-0.4, -0.2) is 26.7 Å². The molecule has 1 aromatic heterocycles. The number of benzene rings is 1. The lowest BCUT2D eigenvalue weighted by Crippen LogP contribution is -2.16. The first-order chi connectivity index (χ1) is 9.58. The van der Waals surface area contributed by atoms with E-state index < -0.39 is 0 Å². The molecule has 0 bridgehead atoms. The molecule has 0 saturated carbocycles. The number of thiophene rings is 1. The molecule has 0 amide bonds. The molecule has 2 aromatic rings. The highest BCUT2D eigenvalue weighted by Crippen LogP contribution is 2.22. The fourth-order valence-electron chi connectivity index (χ4n) is 1.88. The summed E-state index contributed by atoms with van der Waals surface area (Å²) in [5.74, 6) is -0.336. The van der Waals surface area contributed by atoms with E-state index in [2.05, 4.69) is 0 Å². The average molecular weight is 290 g/mol. The van der Waals surface area contributed by atoms with Crippen LogP contribution < -0.4 is 10.6 Å². The van der Waals surface area contributed by atoms with E-state index in [9.17, 15) is 4.79 Å². The van der Waals surface area contributed by atoms with E-state index in [-0.39, 0.29) is 5.97 Å². The van der Waals surface area contributed by atoms with Gasteiger partial charge >= 0.3 is 5.97 Å².